The molecule has 1 aromatic rings. The number of carbonyl (C=O) groups excluding carboxylic acids is 1. The highest BCUT2D eigenvalue weighted by molar-refractivity contribution is 7.86. The van der Waals surface area contributed by atoms with Gasteiger partial charge in [-0.15, -0.1) is 0 Å². The molecule has 1 aliphatic heterocycles. The summed E-state index contributed by atoms with van der Waals surface area (Å²) in [6.07, 6.45) is 2.20. The summed E-state index contributed by atoms with van der Waals surface area (Å²) in [7, 11) is -0.333. The van der Waals surface area contributed by atoms with E-state index in [-0.39, 0.29) is 5.91 Å². The Morgan fingerprint density at radius 2 is 1.58 bits per heavy atom. The van der Waals surface area contributed by atoms with E-state index in [1.807, 2.05) is 0 Å². The second-order valence-corrected chi connectivity index (χ2v) is 8.38. The lowest BCUT2D eigenvalue weighted by atomic mass is 10.1. The first-order valence-corrected chi connectivity index (χ1v) is 9.77. The number of rotatable bonds is 6. The van der Waals surface area contributed by atoms with Crippen LogP contribution in [0.25, 0.3) is 0 Å². The molecule has 0 bridgehead atoms. The van der Waals surface area contributed by atoms with Gasteiger partial charge < -0.3 is 4.90 Å². The van der Waals surface area contributed by atoms with Crippen LogP contribution in [0.1, 0.15) is 24.5 Å². The molecule has 0 spiro atoms. The summed E-state index contributed by atoms with van der Waals surface area (Å²) < 4.78 is 26.8. The Labute approximate surface area is 145 Å². The van der Waals surface area contributed by atoms with Crippen LogP contribution in [0.2, 0.25) is 0 Å². The highest BCUT2D eigenvalue weighted by Crippen LogP contribution is 2.12. The van der Waals surface area contributed by atoms with Gasteiger partial charge in [-0.05, 0) is 24.0 Å². The van der Waals surface area contributed by atoms with E-state index >= 15 is 0 Å². The van der Waals surface area contributed by atoms with Crippen molar-refractivity contribution < 1.29 is 13.2 Å². The number of hydrogen-bond acceptors (Lipinski definition) is 3. The quantitative estimate of drug-likeness (QED) is 0.770. The monoisotopic (exact) mass is 353 g/mol. The van der Waals surface area contributed by atoms with E-state index in [0.717, 1.165) is 18.4 Å². The van der Waals surface area contributed by atoms with Gasteiger partial charge in [-0.25, -0.2) is 0 Å². The average molecular weight is 353 g/mol. The lowest BCUT2D eigenvalue weighted by Gasteiger charge is -2.35. The first-order chi connectivity index (χ1) is 11.3. The third kappa shape index (κ3) is 4.55. The van der Waals surface area contributed by atoms with Gasteiger partial charge >= 0.3 is 0 Å². The molecule has 0 radical (unpaired) electrons. The largest absolute Gasteiger partial charge is 0.340 e. The van der Waals surface area contributed by atoms with Crippen LogP contribution in [0.3, 0.4) is 0 Å². The van der Waals surface area contributed by atoms with Gasteiger partial charge in [-0.1, -0.05) is 31.2 Å². The van der Waals surface area contributed by atoms with Crippen LogP contribution in [0.15, 0.2) is 24.3 Å². The summed E-state index contributed by atoms with van der Waals surface area (Å²) in [5.74, 6) is 0.0940. The Morgan fingerprint density at radius 3 is 2.08 bits per heavy atom. The average Bonchev–Trinajstić information content (AvgIpc) is 2.60. The van der Waals surface area contributed by atoms with E-state index in [0.29, 0.717) is 32.6 Å². The van der Waals surface area contributed by atoms with Crippen LogP contribution in [-0.4, -0.2) is 68.1 Å². The Balaban J connectivity index is 1.82. The number of amides is 1. The van der Waals surface area contributed by atoms with Crippen molar-refractivity contribution in [3.05, 3.63) is 35.4 Å². The van der Waals surface area contributed by atoms with Crippen molar-refractivity contribution in [2.75, 3.05) is 40.3 Å². The second-order valence-electron chi connectivity index (χ2n) is 6.24. The molecule has 1 saturated heterocycles. The molecule has 1 amide bonds. The number of benzene rings is 1. The SMILES string of the molecule is CCc1ccc(CCC(=O)N2CCN(S(=O)(=O)N(C)C)CC2)cc1. The Morgan fingerprint density at radius 1 is 1.04 bits per heavy atom. The lowest BCUT2D eigenvalue weighted by molar-refractivity contribution is -0.132. The van der Waals surface area contributed by atoms with E-state index in [1.54, 1.807) is 4.90 Å². The Kier molecular flexibility index (Phi) is 6.37. The van der Waals surface area contributed by atoms with Crippen LogP contribution in [0, 0.1) is 0 Å². The highest BCUT2D eigenvalue weighted by atomic mass is 32.2. The van der Waals surface area contributed by atoms with Crippen LogP contribution >= 0.6 is 0 Å². The fourth-order valence-corrected chi connectivity index (χ4v) is 3.84. The Bertz CT molecular complexity index is 648. The minimum atomic E-state index is -3.38. The normalized spacial score (nSPS) is 16.6. The van der Waals surface area contributed by atoms with E-state index in [4.69, 9.17) is 0 Å². The summed E-state index contributed by atoms with van der Waals surface area (Å²) in [4.78, 5) is 14.1. The van der Waals surface area contributed by atoms with Crippen LogP contribution < -0.4 is 0 Å². The third-order valence-corrected chi connectivity index (χ3v) is 6.38. The smallest absolute Gasteiger partial charge is 0.281 e. The standard InChI is InChI=1S/C17H27N3O3S/c1-4-15-5-7-16(8-6-15)9-10-17(21)19-11-13-20(14-12-19)24(22,23)18(2)3/h5-8H,4,9-14H2,1-3H3. The van der Waals surface area contributed by atoms with Gasteiger partial charge in [0.2, 0.25) is 5.91 Å². The van der Waals surface area contributed by atoms with Crippen LogP contribution in [0.4, 0.5) is 0 Å². The molecular formula is C17H27N3O3S. The molecule has 134 valence electrons. The van der Waals surface area contributed by atoms with E-state index in [9.17, 15) is 13.2 Å². The fourth-order valence-electron chi connectivity index (χ4n) is 2.75. The van der Waals surface area contributed by atoms with Crippen molar-refractivity contribution in [1.82, 2.24) is 13.5 Å². The topological polar surface area (TPSA) is 60.9 Å². The zero-order chi connectivity index (χ0) is 17.7. The maximum Gasteiger partial charge on any atom is 0.281 e. The summed E-state index contributed by atoms with van der Waals surface area (Å²) in [5, 5.41) is 0. The number of nitrogens with zero attached hydrogens (tertiary/aromatic N) is 3. The van der Waals surface area contributed by atoms with Crippen molar-refractivity contribution in [2.45, 2.75) is 26.2 Å². The molecule has 0 saturated carbocycles. The molecule has 0 atom stereocenters. The molecule has 1 aliphatic rings. The minimum absolute atomic E-state index is 0.0940. The van der Waals surface area contributed by atoms with Crippen LogP contribution in [-0.2, 0) is 27.8 Å². The highest BCUT2D eigenvalue weighted by Gasteiger charge is 2.29. The van der Waals surface area contributed by atoms with Gasteiger partial charge in [0.25, 0.3) is 10.2 Å². The summed E-state index contributed by atoms with van der Waals surface area (Å²) in [6.45, 7) is 3.75. The number of aryl methyl sites for hydroxylation is 2. The maximum atomic E-state index is 12.3. The first kappa shape index (κ1) is 18.9. The van der Waals surface area contributed by atoms with Crippen molar-refractivity contribution in [3.8, 4) is 0 Å². The first-order valence-electron chi connectivity index (χ1n) is 8.37. The summed E-state index contributed by atoms with van der Waals surface area (Å²) >= 11 is 0. The molecule has 2 rings (SSSR count). The predicted octanol–water partition coefficient (Wildman–Crippen LogP) is 1.13. The predicted molar refractivity (Wildman–Crippen MR) is 94.9 cm³/mol. The van der Waals surface area contributed by atoms with Gasteiger partial charge in [0.15, 0.2) is 0 Å². The molecule has 0 aromatic heterocycles. The fraction of sp³-hybridized carbons (Fsp3) is 0.588. The number of piperazine rings is 1. The molecule has 0 N–H and O–H groups in total. The van der Waals surface area contributed by atoms with Crippen molar-refractivity contribution in [2.24, 2.45) is 0 Å². The van der Waals surface area contributed by atoms with Crippen molar-refractivity contribution in [3.63, 3.8) is 0 Å². The molecule has 1 heterocycles. The van der Waals surface area contributed by atoms with Gasteiger partial charge in [-0.2, -0.15) is 17.0 Å². The molecule has 0 aliphatic carbocycles. The summed E-state index contributed by atoms with van der Waals surface area (Å²) in [6, 6.07) is 8.36. The third-order valence-electron chi connectivity index (χ3n) is 4.44. The maximum absolute atomic E-state index is 12.3. The Hall–Kier alpha value is -1.44. The molecule has 0 unspecified atom stereocenters. The van der Waals surface area contributed by atoms with Crippen molar-refractivity contribution >= 4 is 16.1 Å². The van der Waals surface area contributed by atoms with E-state index < -0.39 is 10.2 Å². The summed E-state index contributed by atoms with van der Waals surface area (Å²) in [5.41, 5.74) is 2.46. The van der Waals surface area contributed by atoms with Crippen LogP contribution in [0.5, 0.6) is 0 Å². The molecule has 1 fully saturated rings. The van der Waals surface area contributed by atoms with E-state index in [1.165, 1.54) is 28.3 Å². The molecular weight excluding hydrogens is 326 g/mol. The number of hydrogen-bond donors (Lipinski definition) is 0. The van der Waals surface area contributed by atoms with Gasteiger partial charge in [0, 0.05) is 46.7 Å². The van der Waals surface area contributed by atoms with Gasteiger partial charge in [0.05, 0.1) is 0 Å². The zero-order valence-electron chi connectivity index (χ0n) is 14.7. The molecule has 24 heavy (non-hydrogen) atoms. The van der Waals surface area contributed by atoms with Crippen molar-refractivity contribution in [1.29, 1.82) is 0 Å². The molecule has 6 nitrogen and oxygen atoms in total. The van der Waals surface area contributed by atoms with Gasteiger partial charge in [-0.3, -0.25) is 4.79 Å². The number of carbonyl (C=O) groups is 1. The zero-order valence-corrected chi connectivity index (χ0v) is 15.6. The minimum Gasteiger partial charge on any atom is -0.340 e. The van der Waals surface area contributed by atoms with E-state index in [2.05, 4.69) is 31.2 Å². The lowest BCUT2D eigenvalue weighted by Crippen LogP contribution is -2.53. The molecule has 1 aromatic carbocycles. The molecule has 7 heteroatoms. The van der Waals surface area contributed by atoms with Gasteiger partial charge in [0.1, 0.15) is 0 Å². The second kappa shape index (κ2) is 8.09.